The Balaban J connectivity index is 2.97. The Morgan fingerprint density at radius 3 is 2.59 bits per heavy atom. The first kappa shape index (κ1) is 14.5. The second-order valence-electron chi connectivity index (χ2n) is 5.25. The van der Waals surface area contributed by atoms with E-state index < -0.39 is 0 Å². The van der Waals surface area contributed by atoms with Crippen LogP contribution in [0, 0.1) is 17.2 Å². The minimum absolute atomic E-state index is 0.0280. The molecule has 96 valence electrons. The smallest absolute Gasteiger partial charge is 0.126 e. The molecular formula is C14H21ClFN. The van der Waals surface area contributed by atoms with Crippen molar-refractivity contribution in [2.24, 2.45) is 11.3 Å². The van der Waals surface area contributed by atoms with Crippen molar-refractivity contribution >= 4 is 11.6 Å². The molecule has 1 rings (SSSR count). The highest BCUT2D eigenvalue weighted by Gasteiger charge is 2.28. The van der Waals surface area contributed by atoms with Crippen LogP contribution in [-0.4, -0.2) is 13.6 Å². The number of rotatable bonds is 5. The van der Waals surface area contributed by atoms with E-state index in [0.717, 1.165) is 6.54 Å². The number of hydrogen-bond donors (Lipinski definition) is 1. The van der Waals surface area contributed by atoms with Crippen LogP contribution in [0.15, 0.2) is 18.2 Å². The molecule has 1 aromatic carbocycles. The highest BCUT2D eigenvalue weighted by Crippen LogP contribution is 2.32. The van der Waals surface area contributed by atoms with E-state index in [4.69, 9.17) is 11.6 Å². The first-order valence-corrected chi connectivity index (χ1v) is 6.35. The largest absolute Gasteiger partial charge is 0.319 e. The van der Waals surface area contributed by atoms with Gasteiger partial charge in [-0.15, -0.1) is 0 Å². The van der Waals surface area contributed by atoms with Crippen LogP contribution in [0.25, 0.3) is 0 Å². The molecule has 1 unspecified atom stereocenters. The van der Waals surface area contributed by atoms with Crippen LogP contribution in [0.1, 0.15) is 26.3 Å². The summed E-state index contributed by atoms with van der Waals surface area (Å²) in [5, 5.41) is 3.78. The molecular weight excluding hydrogens is 237 g/mol. The molecule has 0 aliphatic heterocycles. The molecule has 0 bridgehead atoms. The van der Waals surface area contributed by atoms with Crippen LogP contribution in [0.2, 0.25) is 5.02 Å². The second-order valence-corrected chi connectivity index (χ2v) is 5.69. The van der Waals surface area contributed by atoms with Crippen molar-refractivity contribution in [3.8, 4) is 0 Å². The molecule has 0 amide bonds. The van der Waals surface area contributed by atoms with Crippen LogP contribution in [0.3, 0.4) is 0 Å². The van der Waals surface area contributed by atoms with Crippen LogP contribution in [-0.2, 0) is 6.42 Å². The SMILES string of the molecule is CNCC(C)(Cc1cc(Cl)ccc1F)C(C)C. The van der Waals surface area contributed by atoms with Gasteiger partial charge in [-0.3, -0.25) is 0 Å². The molecule has 0 aliphatic carbocycles. The van der Waals surface area contributed by atoms with Crippen LogP contribution in [0.4, 0.5) is 4.39 Å². The molecule has 3 heteroatoms. The average molecular weight is 258 g/mol. The maximum atomic E-state index is 13.7. The van der Waals surface area contributed by atoms with Gasteiger partial charge in [0.25, 0.3) is 0 Å². The first-order chi connectivity index (χ1) is 7.89. The predicted octanol–water partition coefficient (Wildman–Crippen LogP) is 3.90. The van der Waals surface area contributed by atoms with Crippen molar-refractivity contribution in [1.82, 2.24) is 5.32 Å². The highest BCUT2D eigenvalue weighted by molar-refractivity contribution is 6.30. The topological polar surface area (TPSA) is 12.0 Å². The Bertz CT molecular complexity index is 378. The van der Waals surface area contributed by atoms with Gasteiger partial charge in [0.15, 0.2) is 0 Å². The summed E-state index contributed by atoms with van der Waals surface area (Å²) in [5.41, 5.74) is 0.726. The van der Waals surface area contributed by atoms with E-state index >= 15 is 0 Å². The Morgan fingerprint density at radius 2 is 2.06 bits per heavy atom. The van der Waals surface area contributed by atoms with Crippen LogP contribution in [0.5, 0.6) is 0 Å². The summed E-state index contributed by atoms with van der Waals surface area (Å²) in [5.74, 6) is 0.297. The lowest BCUT2D eigenvalue weighted by Gasteiger charge is -2.34. The fourth-order valence-electron chi connectivity index (χ4n) is 1.99. The van der Waals surface area contributed by atoms with Crippen molar-refractivity contribution in [2.75, 3.05) is 13.6 Å². The van der Waals surface area contributed by atoms with Gasteiger partial charge in [-0.25, -0.2) is 4.39 Å². The van der Waals surface area contributed by atoms with Crippen LogP contribution >= 0.6 is 11.6 Å². The molecule has 0 saturated carbocycles. The lowest BCUT2D eigenvalue weighted by atomic mass is 9.74. The fraction of sp³-hybridized carbons (Fsp3) is 0.571. The predicted molar refractivity (Wildman–Crippen MR) is 72.0 cm³/mol. The molecule has 0 fully saturated rings. The number of hydrogen-bond acceptors (Lipinski definition) is 1. The van der Waals surface area contributed by atoms with E-state index in [9.17, 15) is 4.39 Å². The van der Waals surface area contributed by atoms with Crippen molar-refractivity contribution in [3.05, 3.63) is 34.6 Å². The van der Waals surface area contributed by atoms with E-state index in [1.54, 1.807) is 12.1 Å². The van der Waals surface area contributed by atoms with Gasteiger partial charge in [0.2, 0.25) is 0 Å². The van der Waals surface area contributed by atoms with Gasteiger partial charge in [-0.1, -0.05) is 32.4 Å². The van der Waals surface area contributed by atoms with Gasteiger partial charge in [0.1, 0.15) is 5.82 Å². The molecule has 1 atom stereocenters. The zero-order valence-corrected chi connectivity index (χ0v) is 11.7. The van der Waals surface area contributed by atoms with E-state index in [-0.39, 0.29) is 11.2 Å². The molecule has 1 aromatic rings. The van der Waals surface area contributed by atoms with Gasteiger partial charge in [0.05, 0.1) is 0 Å². The molecule has 0 aliphatic rings. The summed E-state index contributed by atoms with van der Waals surface area (Å²) < 4.78 is 13.7. The van der Waals surface area contributed by atoms with E-state index in [1.165, 1.54) is 6.07 Å². The third kappa shape index (κ3) is 3.68. The van der Waals surface area contributed by atoms with E-state index in [1.807, 2.05) is 7.05 Å². The summed E-state index contributed by atoms with van der Waals surface area (Å²) in [7, 11) is 1.93. The molecule has 0 saturated heterocycles. The summed E-state index contributed by atoms with van der Waals surface area (Å²) in [4.78, 5) is 0. The molecule has 0 heterocycles. The molecule has 0 radical (unpaired) electrons. The van der Waals surface area contributed by atoms with E-state index in [0.29, 0.717) is 22.9 Å². The van der Waals surface area contributed by atoms with Gasteiger partial charge >= 0.3 is 0 Å². The quantitative estimate of drug-likeness (QED) is 0.844. The summed E-state index contributed by atoms with van der Waals surface area (Å²) >= 11 is 5.92. The van der Waals surface area contributed by atoms with Gasteiger partial charge in [-0.05, 0) is 48.6 Å². The fourth-order valence-corrected chi connectivity index (χ4v) is 2.18. The molecule has 0 aromatic heterocycles. The Morgan fingerprint density at radius 1 is 1.41 bits per heavy atom. The third-order valence-electron chi connectivity index (χ3n) is 3.58. The third-order valence-corrected chi connectivity index (χ3v) is 3.81. The normalized spacial score (nSPS) is 15.0. The number of halogens is 2. The molecule has 17 heavy (non-hydrogen) atoms. The minimum Gasteiger partial charge on any atom is -0.319 e. The summed E-state index contributed by atoms with van der Waals surface area (Å²) in [6.07, 6.45) is 0.692. The minimum atomic E-state index is -0.169. The maximum absolute atomic E-state index is 13.7. The highest BCUT2D eigenvalue weighted by atomic mass is 35.5. The van der Waals surface area contributed by atoms with Crippen molar-refractivity contribution < 1.29 is 4.39 Å². The summed E-state index contributed by atoms with van der Waals surface area (Å²) in [6.45, 7) is 7.37. The molecule has 0 spiro atoms. The van der Waals surface area contributed by atoms with Crippen molar-refractivity contribution in [3.63, 3.8) is 0 Å². The van der Waals surface area contributed by atoms with Crippen LogP contribution < -0.4 is 5.32 Å². The monoisotopic (exact) mass is 257 g/mol. The van der Waals surface area contributed by atoms with Crippen molar-refractivity contribution in [2.45, 2.75) is 27.2 Å². The first-order valence-electron chi connectivity index (χ1n) is 5.97. The lowest BCUT2D eigenvalue weighted by Crippen LogP contribution is -2.36. The standard InChI is InChI=1S/C14H21ClFN/c1-10(2)14(3,9-17-4)8-11-7-12(15)5-6-13(11)16/h5-7,10,17H,8-9H2,1-4H3. The second kappa shape index (κ2) is 5.83. The van der Waals surface area contributed by atoms with Gasteiger partial charge in [-0.2, -0.15) is 0 Å². The van der Waals surface area contributed by atoms with Gasteiger partial charge in [0, 0.05) is 11.6 Å². The number of benzene rings is 1. The van der Waals surface area contributed by atoms with Crippen molar-refractivity contribution in [1.29, 1.82) is 0 Å². The number of nitrogens with one attached hydrogen (secondary N) is 1. The Hall–Kier alpha value is -0.600. The Kier molecular flexibility index (Phi) is 4.96. The Labute approximate surface area is 108 Å². The maximum Gasteiger partial charge on any atom is 0.126 e. The van der Waals surface area contributed by atoms with E-state index in [2.05, 4.69) is 26.1 Å². The zero-order chi connectivity index (χ0) is 13.1. The van der Waals surface area contributed by atoms with Gasteiger partial charge < -0.3 is 5.32 Å². The average Bonchev–Trinajstić information content (AvgIpc) is 2.23. The summed E-state index contributed by atoms with van der Waals surface area (Å²) in [6, 6.07) is 4.76. The zero-order valence-electron chi connectivity index (χ0n) is 11.0. The molecule has 1 N–H and O–H groups in total. The molecule has 1 nitrogen and oxygen atoms in total. The lowest BCUT2D eigenvalue weighted by molar-refractivity contribution is 0.210.